The third kappa shape index (κ3) is 6.51. The van der Waals surface area contributed by atoms with Gasteiger partial charge in [-0.3, -0.25) is 14.1 Å². The van der Waals surface area contributed by atoms with Gasteiger partial charge in [-0.25, -0.2) is 18.6 Å². The molecule has 1 saturated heterocycles. The molecule has 0 radical (unpaired) electrons. The summed E-state index contributed by atoms with van der Waals surface area (Å²) in [5.74, 6) is -4.80. The van der Waals surface area contributed by atoms with Crippen LogP contribution in [0.4, 0.5) is 13.9 Å². The van der Waals surface area contributed by atoms with Gasteiger partial charge < -0.3 is 15.3 Å². The van der Waals surface area contributed by atoms with Crippen molar-refractivity contribution in [1.29, 1.82) is 0 Å². The van der Waals surface area contributed by atoms with E-state index in [2.05, 4.69) is 14.4 Å². The first-order valence-electron chi connectivity index (χ1n) is 10.2. The highest BCUT2D eigenvalue weighted by atomic mass is 32.3. The molecule has 0 aliphatic carbocycles. The fourth-order valence-electron chi connectivity index (χ4n) is 3.00. The van der Waals surface area contributed by atoms with E-state index in [1.165, 1.54) is 19.2 Å². The van der Waals surface area contributed by atoms with Crippen LogP contribution in [0.1, 0.15) is 46.7 Å². The summed E-state index contributed by atoms with van der Waals surface area (Å²) in [6.07, 6.45) is -0.871. The van der Waals surface area contributed by atoms with E-state index >= 15 is 0 Å². The highest BCUT2D eigenvalue weighted by Crippen LogP contribution is 2.42. The average molecular weight is 557 g/mol. The molecule has 36 heavy (non-hydrogen) atoms. The van der Waals surface area contributed by atoms with E-state index in [9.17, 15) is 31.6 Å². The summed E-state index contributed by atoms with van der Waals surface area (Å²) in [6, 6.07) is 0. The van der Waals surface area contributed by atoms with Crippen LogP contribution in [0, 0.1) is 5.92 Å². The highest BCUT2D eigenvalue weighted by Gasteiger charge is 2.64. The first-order chi connectivity index (χ1) is 16.4. The third-order valence-corrected chi connectivity index (χ3v) is 5.87. The number of oxime groups is 1. The van der Waals surface area contributed by atoms with Crippen molar-refractivity contribution in [1.82, 2.24) is 10.0 Å². The Balaban J connectivity index is 2.36. The molecule has 0 spiro atoms. The van der Waals surface area contributed by atoms with Gasteiger partial charge in [0, 0.05) is 11.8 Å². The molecule has 17 heteroatoms. The van der Waals surface area contributed by atoms with E-state index in [1.807, 2.05) is 0 Å². The molecule has 1 aromatic heterocycles. The van der Waals surface area contributed by atoms with Crippen molar-refractivity contribution in [2.24, 2.45) is 11.1 Å². The van der Waals surface area contributed by atoms with Crippen molar-refractivity contribution >= 4 is 50.2 Å². The Morgan fingerprint density at radius 2 is 1.86 bits per heavy atom. The monoisotopic (exact) mass is 556 g/mol. The number of hydrogen-bond donors (Lipinski definition) is 2. The smallest absolute Gasteiger partial charge is 0.418 e. The van der Waals surface area contributed by atoms with Crippen LogP contribution in [0.25, 0.3) is 0 Å². The molecule has 1 atom stereocenters. The molecule has 3 N–H and O–H groups in total. The van der Waals surface area contributed by atoms with Gasteiger partial charge in [0.2, 0.25) is 5.60 Å². The lowest BCUT2D eigenvalue weighted by atomic mass is 9.73. The molecular formula is C19H26F2N4O9S2. The Bertz CT molecular complexity index is 1160. The van der Waals surface area contributed by atoms with E-state index in [0.717, 1.165) is 11.3 Å². The molecular weight excluding hydrogens is 530 g/mol. The molecule has 202 valence electrons. The number of ketones is 1. The summed E-state index contributed by atoms with van der Waals surface area (Å²) >= 11 is 0.929. The number of esters is 1. The number of Topliss-reactive ketones (excluding diaryl/α,β-unsaturated/α-hetero) is 1. The minimum absolute atomic E-state index is 0.0335. The number of ether oxygens (including phenoxy) is 1. The lowest BCUT2D eigenvalue weighted by Crippen LogP contribution is -2.73. The van der Waals surface area contributed by atoms with Gasteiger partial charge in [-0.2, -0.15) is 13.5 Å². The molecule has 2 rings (SSSR count). The molecule has 1 amide bonds. The number of nitrogen functional groups attached to an aromatic ring is 1. The number of alkyl halides is 2. The fourth-order valence-corrected chi connectivity index (χ4v) is 3.95. The number of amides is 1. The maximum atomic E-state index is 13.8. The molecule has 13 nitrogen and oxygen atoms in total. The maximum Gasteiger partial charge on any atom is 0.418 e. The Hall–Kier alpha value is -2.76. The summed E-state index contributed by atoms with van der Waals surface area (Å²) in [6.45, 7) is 4.25. The Kier molecular flexibility index (Phi) is 8.44. The van der Waals surface area contributed by atoms with Crippen LogP contribution in [0.3, 0.4) is 0 Å². The molecule has 1 aliphatic rings. The molecule has 1 aliphatic heterocycles. The van der Waals surface area contributed by atoms with Crippen molar-refractivity contribution in [2.45, 2.75) is 57.8 Å². The molecule has 0 aromatic carbocycles. The van der Waals surface area contributed by atoms with E-state index in [1.54, 1.807) is 20.8 Å². The molecule has 1 aromatic rings. The van der Waals surface area contributed by atoms with E-state index in [4.69, 9.17) is 19.9 Å². The van der Waals surface area contributed by atoms with Crippen LogP contribution in [0.2, 0.25) is 0 Å². The Labute approximate surface area is 209 Å². The number of nitrogens with zero attached hydrogens (tertiary/aromatic N) is 3. The number of hydrogen-bond acceptors (Lipinski definition) is 12. The number of rotatable bonds is 11. The van der Waals surface area contributed by atoms with Crippen LogP contribution in [-0.4, -0.2) is 76.5 Å². The van der Waals surface area contributed by atoms with Crippen LogP contribution < -0.4 is 5.73 Å². The number of thiazole rings is 1. The quantitative estimate of drug-likeness (QED) is 0.132. The number of aromatic nitrogens is 1. The number of β-lactam (4-membered cyclic amide) rings is 1. The molecule has 0 bridgehead atoms. The number of nitrogens with two attached hydrogens (primary N) is 1. The van der Waals surface area contributed by atoms with Gasteiger partial charge in [-0.1, -0.05) is 5.16 Å². The summed E-state index contributed by atoms with van der Waals surface area (Å²) in [5.41, 5.74) is -0.0522. The van der Waals surface area contributed by atoms with Gasteiger partial charge in [0.05, 0.1) is 5.92 Å². The highest BCUT2D eigenvalue weighted by molar-refractivity contribution is 7.80. The molecule has 1 fully saturated rings. The van der Waals surface area contributed by atoms with Gasteiger partial charge in [-0.15, -0.1) is 15.6 Å². The second-order valence-corrected chi connectivity index (χ2v) is 11.2. The summed E-state index contributed by atoms with van der Waals surface area (Å²) < 4.78 is 67.6. The van der Waals surface area contributed by atoms with Gasteiger partial charge in [0.15, 0.2) is 16.6 Å². The zero-order valence-corrected chi connectivity index (χ0v) is 21.6. The summed E-state index contributed by atoms with van der Waals surface area (Å²) in [5, 5.41) is 4.91. The zero-order valence-electron chi connectivity index (χ0n) is 20.0. The Morgan fingerprint density at radius 1 is 1.28 bits per heavy atom. The van der Waals surface area contributed by atoms with Gasteiger partial charge in [-0.05, 0) is 34.6 Å². The fraction of sp³-hybridized carbons (Fsp3) is 0.632. The van der Waals surface area contributed by atoms with E-state index < -0.39 is 76.2 Å². The normalized spacial score (nSPS) is 18.6. The minimum Gasteiger partial charge on any atom is -0.457 e. The Morgan fingerprint density at radius 3 is 2.31 bits per heavy atom. The zero-order chi connectivity index (χ0) is 27.7. The van der Waals surface area contributed by atoms with Crippen molar-refractivity contribution in [3.05, 3.63) is 11.1 Å². The summed E-state index contributed by atoms with van der Waals surface area (Å²) in [7, 11) is -5.29. The predicted octanol–water partition coefficient (Wildman–Crippen LogP) is 1.40. The van der Waals surface area contributed by atoms with Crippen molar-refractivity contribution in [3.8, 4) is 0 Å². The van der Waals surface area contributed by atoms with Crippen molar-refractivity contribution in [3.63, 3.8) is 0 Å². The number of halogens is 2. The van der Waals surface area contributed by atoms with Crippen LogP contribution in [0.5, 0.6) is 0 Å². The first-order valence-corrected chi connectivity index (χ1v) is 12.5. The predicted molar refractivity (Wildman–Crippen MR) is 121 cm³/mol. The van der Waals surface area contributed by atoms with Crippen LogP contribution >= 0.6 is 11.3 Å². The van der Waals surface area contributed by atoms with Crippen molar-refractivity contribution in [2.75, 3.05) is 19.1 Å². The van der Waals surface area contributed by atoms with Crippen LogP contribution in [-0.2, 0) is 38.6 Å². The second kappa shape index (κ2) is 10.3. The SMILES string of the molecule is CC(C)(C)OC(=O)C(C)(C)O/N=C(\C(=O)C[C@@H]1C(=O)N(OS(=O)(=O)O)C1(CF)CF)c1csc(N)n1. The van der Waals surface area contributed by atoms with Gasteiger partial charge >= 0.3 is 16.4 Å². The molecule has 0 unspecified atom stereocenters. The lowest BCUT2D eigenvalue weighted by molar-refractivity contribution is -0.243. The van der Waals surface area contributed by atoms with Gasteiger partial charge in [0.25, 0.3) is 5.91 Å². The first kappa shape index (κ1) is 29.5. The largest absolute Gasteiger partial charge is 0.457 e. The number of carbonyl (C=O) groups is 3. The minimum atomic E-state index is -5.29. The average Bonchev–Trinajstić information content (AvgIpc) is 3.16. The van der Waals surface area contributed by atoms with E-state index in [-0.39, 0.29) is 15.9 Å². The summed E-state index contributed by atoms with van der Waals surface area (Å²) in [4.78, 5) is 47.1. The third-order valence-electron chi connectivity index (χ3n) is 4.86. The molecule has 0 saturated carbocycles. The second-order valence-electron chi connectivity index (χ2n) is 9.30. The number of carbonyl (C=O) groups excluding carboxylic acids is 3. The lowest BCUT2D eigenvalue weighted by Gasteiger charge is -2.51. The topological polar surface area (TPSA) is 188 Å². The van der Waals surface area contributed by atoms with Gasteiger partial charge in [0.1, 0.15) is 30.2 Å². The van der Waals surface area contributed by atoms with E-state index in [0.29, 0.717) is 0 Å². The van der Waals surface area contributed by atoms with Crippen molar-refractivity contribution < 1.29 is 50.0 Å². The molecule has 2 heterocycles. The van der Waals surface area contributed by atoms with Crippen LogP contribution in [0.15, 0.2) is 10.5 Å². The maximum absolute atomic E-state index is 13.8. The number of hydroxylamine groups is 2. The number of anilines is 1. The standard InChI is InChI=1S/C19H26F2N4O9S2/c1-17(2,3)32-15(28)18(4,5)33-24-13(11-7-35-16(22)23-11)12(26)6-10-14(27)25(34-36(29,30)31)19(10,8-20)9-21/h7,10H,6,8-9H2,1-5H3,(H2,22,23)(H,29,30,31)/b24-13-/t10-/m1/s1.